The van der Waals surface area contributed by atoms with E-state index in [2.05, 4.69) is 33.3 Å². The monoisotopic (exact) mass is 208 g/mol. The van der Waals surface area contributed by atoms with Crippen molar-refractivity contribution in [3.63, 3.8) is 0 Å². The fourth-order valence-corrected chi connectivity index (χ4v) is 4.58. The van der Waals surface area contributed by atoms with Crippen LogP contribution in [0.3, 0.4) is 0 Å². The third kappa shape index (κ3) is 1.18. The summed E-state index contributed by atoms with van der Waals surface area (Å²) in [6.07, 6.45) is 0. The van der Waals surface area contributed by atoms with Gasteiger partial charge in [-0.3, -0.25) is 0 Å². The number of benzene rings is 1. The van der Waals surface area contributed by atoms with Gasteiger partial charge in [-0.25, -0.2) is 0 Å². The molecule has 2 rings (SSSR count). The van der Waals surface area contributed by atoms with Crippen LogP contribution in [0.25, 0.3) is 0 Å². The molecule has 0 spiro atoms. The number of rotatable bonds is 0. The van der Waals surface area contributed by atoms with Crippen molar-refractivity contribution in [1.82, 2.24) is 2.03 Å². The molecule has 0 aromatic heterocycles. The first-order valence-electron chi connectivity index (χ1n) is 3.49. The van der Waals surface area contributed by atoms with E-state index in [4.69, 9.17) is 0 Å². The van der Waals surface area contributed by atoms with Gasteiger partial charge in [-0.15, -0.1) is 0 Å². The Balaban J connectivity index is 2.42. The average Bonchev–Trinajstić information content (AvgIpc) is 2.27. The molecule has 1 nitrogen and oxygen atoms in total. The summed E-state index contributed by atoms with van der Waals surface area (Å²) in [4.78, 5) is 0. The van der Waals surface area contributed by atoms with E-state index >= 15 is 0 Å². The number of fused-ring (bicyclic) bond motifs is 1. The molecule has 0 atom stereocenters. The van der Waals surface area contributed by atoms with Crippen LogP contribution in [0.5, 0.6) is 0 Å². The Morgan fingerprint density at radius 1 is 1.40 bits per heavy atom. The number of nitrogens with zero attached hydrogens (tertiary/aromatic N) is 1. The van der Waals surface area contributed by atoms with Gasteiger partial charge in [-0.05, 0) is 0 Å². The average molecular weight is 208 g/mol. The van der Waals surface area contributed by atoms with E-state index < -0.39 is 29.5 Å². The molecule has 49 valence electrons. The van der Waals surface area contributed by atoms with Gasteiger partial charge in [0.2, 0.25) is 0 Å². The summed E-state index contributed by atoms with van der Waals surface area (Å²) in [5.41, 5.74) is 1.58. The van der Waals surface area contributed by atoms with Gasteiger partial charge >= 0.3 is 77.4 Å². The molecule has 1 aromatic rings. The molecule has 0 fully saturated rings. The van der Waals surface area contributed by atoms with Crippen LogP contribution in [0, 0.1) is 0 Å². The molecule has 0 saturated carbocycles. The Morgan fingerprint density at radius 3 is 3.00 bits per heavy atom. The van der Waals surface area contributed by atoms with E-state index in [0.29, 0.717) is 0 Å². The molecule has 0 N–H and O–H groups in total. The van der Waals surface area contributed by atoms with Crippen LogP contribution >= 0.6 is 0 Å². The molecule has 10 heavy (non-hydrogen) atoms. The fourth-order valence-electron chi connectivity index (χ4n) is 1.36. The Morgan fingerprint density at radius 2 is 2.20 bits per heavy atom. The van der Waals surface area contributed by atoms with Crippen molar-refractivity contribution in [2.75, 3.05) is 7.05 Å². The van der Waals surface area contributed by atoms with Gasteiger partial charge in [-0.2, -0.15) is 0 Å². The van der Waals surface area contributed by atoms with Crippen LogP contribution in [-0.4, -0.2) is 9.08 Å². The summed E-state index contributed by atoms with van der Waals surface area (Å²) >= 11 is -0.482. The van der Waals surface area contributed by atoms with Gasteiger partial charge in [0.25, 0.3) is 0 Å². The van der Waals surface area contributed by atoms with Crippen LogP contribution in [0.2, 0.25) is 0 Å². The molecule has 0 aliphatic carbocycles. The van der Waals surface area contributed by atoms with Gasteiger partial charge in [0, 0.05) is 0 Å². The van der Waals surface area contributed by atoms with E-state index in [1.54, 1.807) is 7.94 Å². The third-order valence-corrected chi connectivity index (χ3v) is 5.43. The Labute approximate surface area is 76.9 Å². The van der Waals surface area contributed by atoms with Crippen molar-refractivity contribution >= 4 is 2.37 Å². The minimum atomic E-state index is -0.482. The molecular weight excluding hydrogens is 199 g/mol. The Bertz CT molecular complexity index is 222. The summed E-state index contributed by atoms with van der Waals surface area (Å²) < 4.78 is 4.19. The van der Waals surface area contributed by atoms with Gasteiger partial charge in [0.15, 0.2) is 0 Å². The molecule has 1 aromatic carbocycles. The molecule has 1 heterocycles. The summed E-state index contributed by atoms with van der Waals surface area (Å²) in [6, 6.07) is 8.84. The SMILES string of the molecule is C[N]1Cc2cccc[c]2[Y]1. The molecule has 0 bridgehead atoms. The first kappa shape index (κ1) is 6.96. The fraction of sp³-hybridized carbons (Fsp3) is 0.250. The summed E-state index contributed by atoms with van der Waals surface area (Å²) in [7, 11) is 2.24. The van der Waals surface area contributed by atoms with Crippen LogP contribution in [-0.2, 0) is 36.1 Å². The molecule has 1 aliphatic heterocycles. The molecule has 0 saturated heterocycles. The van der Waals surface area contributed by atoms with Crippen molar-refractivity contribution in [1.29, 1.82) is 0 Å². The van der Waals surface area contributed by atoms with Crippen molar-refractivity contribution in [3.05, 3.63) is 29.8 Å². The van der Waals surface area contributed by atoms with Crippen molar-refractivity contribution in [3.8, 4) is 0 Å². The Hall–Kier alpha value is 0.284. The summed E-state index contributed by atoms with van der Waals surface area (Å²) in [5.74, 6) is 0. The van der Waals surface area contributed by atoms with E-state index in [1.807, 2.05) is 0 Å². The van der Waals surface area contributed by atoms with Gasteiger partial charge in [-0.1, -0.05) is 0 Å². The van der Waals surface area contributed by atoms with E-state index in [-0.39, 0.29) is 0 Å². The molecule has 0 amide bonds. The first-order chi connectivity index (χ1) is 4.86. The molecular formula is C8H9NY. The third-order valence-electron chi connectivity index (χ3n) is 1.83. The van der Waals surface area contributed by atoms with E-state index in [0.717, 1.165) is 0 Å². The topological polar surface area (TPSA) is 3.24 Å². The second-order valence-corrected chi connectivity index (χ2v) is 7.07. The number of hydrogen-bond acceptors (Lipinski definition) is 1. The van der Waals surface area contributed by atoms with Crippen LogP contribution < -0.4 is 2.37 Å². The maximum absolute atomic E-state index is 2.51. The molecule has 0 radical (unpaired) electrons. The standard InChI is InChI=1S/C8H9N.Y/c1-9-7-8-5-3-2-4-6-8;/h2-5H,7H2,1H3;/q-1;+1. The quantitative estimate of drug-likeness (QED) is 0.608. The normalized spacial score (nSPS) is 15.7. The van der Waals surface area contributed by atoms with Crippen molar-refractivity contribution in [2.24, 2.45) is 0 Å². The van der Waals surface area contributed by atoms with E-state index in [1.165, 1.54) is 6.54 Å². The van der Waals surface area contributed by atoms with E-state index in [9.17, 15) is 0 Å². The van der Waals surface area contributed by atoms with Crippen LogP contribution in [0.15, 0.2) is 24.3 Å². The molecule has 2 heteroatoms. The summed E-state index contributed by atoms with van der Waals surface area (Å²) in [6.45, 7) is 1.21. The minimum absolute atomic E-state index is 0.482. The predicted octanol–water partition coefficient (Wildman–Crippen LogP) is 0.755. The Kier molecular flexibility index (Phi) is 1.90. The predicted molar refractivity (Wildman–Crippen MR) is 37.5 cm³/mol. The van der Waals surface area contributed by atoms with Crippen LogP contribution in [0.1, 0.15) is 5.56 Å². The van der Waals surface area contributed by atoms with Crippen LogP contribution in [0.4, 0.5) is 0 Å². The second-order valence-electron chi connectivity index (χ2n) is 2.74. The summed E-state index contributed by atoms with van der Waals surface area (Å²) in [5, 5.41) is 0. The maximum atomic E-state index is 2.51. The zero-order chi connectivity index (χ0) is 6.97. The van der Waals surface area contributed by atoms with Gasteiger partial charge in [0.1, 0.15) is 0 Å². The molecule has 1 aliphatic rings. The zero-order valence-corrected chi connectivity index (χ0v) is 8.88. The van der Waals surface area contributed by atoms with Gasteiger partial charge in [0.05, 0.1) is 0 Å². The number of hydrogen-bond donors (Lipinski definition) is 0. The second kappa shape index (κ2) is 2.73. The van der Waals surface area contributed by atoms with Crippen molar-refractivity contribution in [2.45, 2.75) is 6.54 Å². The van der Waals surface area contributed by atoms with Crippen molar-refractivity contribution < 1.29 is 29.5 Å². The van der Waals surface area contributed by atoms with Gasteiger partial charge < -0.3 is 0 Å². The first-order valence-corrected chi connectivity index (χ1v) is 6.18. The zero-order valence-electron chi connectivity index (χ0n) is 6.04. The molecule has 0 unspecified atom stereocenters.